The van der Waals surface area contributed by atoms with Gasteiger partial charge >= 0.3 is 12.1 Å². The summed E-state index contributed by atoms with van der Waals surface area (Å²) in [6.45, 7) is 1.06. The number of halogens is 3. The van der Waals surface area contributed by atoms with E-state index in [4.69, 9.17) is 0 Å². The molecule has 0 unspecified atom stereocenters. The number of alkyl halides is 3. The van der Waals surface area contributed by atoms with Gasteiger partial charge < -0.3 is 0 Å². The smallest absolute Gasteiger partial charge is 0.286 e. The van der Waals surface area contributed by atoms with E-state index < -0.39 is 42.4 Å². The maximum atomic E-state index is 13.4. The van der Waals surface area contributed by atoms with Crippen molar-refractivity contribution in [1.29, 1.82) is 0 Å². The van der Waals surface area contributed by atoms with Crippen LogP contribution in [0.25, 0.3) is 0 Å². The minimum absolute atomic E-state index is 0.0267. The molecule has 1 aliphatic heterocycles. The maximum Gasteiger partial charge on any atom is 0.471 e. The van der Waals surface area contributed by atoms with Gasteiger partial charge in [-0.25, -0.2) is 0 Å². The van der Waals surface area contributed by atoms with Gasteiger partial charge in [0.05, 0.1) is 11.8 Å². The Morgan fingerprint density at radius 3 is 2.17 bits per heavy atom. The molecule has 158 valence electrons. The van der Waals surface area contributed by atoms with Crippen molar-refractivity contribution in [3.8, 4) is 0 Å². The number of benzene rings is 1. The fourth-order valence-corrected chi connectivity index (χ4v) is 5.78. The van der Waals surface area contributed by atoms with Crippen LogP contribution in [0.3, 0.4) is 0 Å². The van der Waals surface area contributed by atoms with Crippen molar-refractivity contribution in [3.05, 3.63) is 42.0 Å². The van der Waals surface area contributed by atoms with Crippen molar-refractivity contribution in [3.63, 3.8) is 0 Å². The molecule has 3 amide bonds. The van der Waals surface area contributed by atoms with Crippen LogP contribution in [0.15, 0.2) is 36.4 Å². The second kappa shape index (κ2) is 6.43. The summed E-state index contributed by atoms with van der Waals surface area (Å²) in [5.74, 6) is -3.28. The summed E-state index contributed by atoms with van der Waals surface area (Å²) >= 11 is 0. The van der Waals surface area contributed by atoms with Crippen molar-refractivity contribution in [1.82, 2.24) is 4.90 Å². The monoisotopic (exact) mass is 418 g/mol. The average Bonchev–Trinajstić information content (AvgIpc) is 3.51. The highest BCUT2D eigenvalue weighted by molar-refractivity contribution is 6.07. The van der Waals surface area contributed by atoms with Gasteiger partial charge in [0, 0.05) is 5.69 Å². The van der Waals surface area contributed by atoms with E-state index in [1.807, 2.05) is 12.2 Å². The van der Waals surface area contributed by atoms with E-state index in [1.165, 1.54) is 12.1 Å². The van der Waals surface area contributed by atoms with Gasteiger partial charge in [0.1, 0.15) is 6.67 Å². The summed E-state index contributed by atoms with van der Waals surface area (Å²) in [6.07, 6.45) is 0.280. The molecule has 30 heavy (non-hydrogen) atoms. The van der Waals surface area contributed by atoms with Gasteiger partial charge in [-0.3, -0.25) is 24.2 Å². The fourth-order valence-electron chi connectivity index (χ4n) is 5.78. The Balaban J connectivity index is 1.49. The van der Waals surface area contributed by atoms with Gasteiger partial charge in [-0.2, -0.15) is 13.2 Å². The average molecular weight is 418 g/mol. The molecule has 0 spiro atoms. The van der Waals surface area contributed by atoms with Crippen LogP contribution in [0.2, 0.25) is 0 Å². The number of amides is 3. The van der Waals surface area contributed by atoms with E-state index in [2.05, 4.69) is 0 Å². The molecule has 1 aromatic carbocycles. The molecule has 2 saturated carbocycles. The van der Waals surface area contributed by atoms with Crippen LogP contribution >= 0.6 is 0 Å². The Morgan fingerprint density at radius 2 is 1.63 bits per heavy atom. The fraction of sp³-hybridized carbons (Fsp3) is 0.500. The second-order valence-electron chi connectivity index (χ2n) is 8.61. The number of hydrogen-bond donors (Lipinski definition) is 0. The second-order valence-corrected chi connectivity index (χ2v) is 8.61. The molecule has 1 heterocycles. The molecular formula is C22H21F3N2O3. The van der Waals surface area contributed by atoms with Crippen LogP contribution in [-0.2, 0) is 20.8 Å². The summed E-state index contributed by atoms with van der Waals surface area (Å²) in [5.41, 5.74) is 0.608. The molecule has 0 aromatic heterocycles. The Hall–Kier alpha value is -2.64. The lowest BCUT2D eigenvalue weighted by Gasteiger charge is -2.37. The first-order valence-electron chi connectivity index (χ1n) is 10.2. The number of imide groups is 1. The lowest BCUT2D eigenvalue weighted by molar-refractivity contribution is -0.171. The third-order valence-corrected chi connectivity index (χ3v) is 7.19. The highest BCUT2D eigenvalue weighted by atomic mass is 19.4. The molecule has 1 saturated heterocycles. The lowest BCUT2D eigenvalue weighted by atomic mass is 9.63. The van der Waals surface area contributed by atoms with Crippen LogP contribution in [-0.4, -0.2) is 35.5 Å². The minimum atomic E-state index is -5.12. The summed E-state index contributed by atoms with van der Waals surface area (Å²) in [7, 11) is 0. The van der Waals surface area contributed by atoms with Crippen LogP contribution in [0, 0.1) is 35.5 Å². The molecule has 4 aliphatic carbocycles. The number of nitrogens with zero attached hydrogens (tertiary/aromatic N) is 2. The molecule has 2 bridgehead atoms. The quantitative estimate of drug-likeness (QED) is 0.558. The van der Waals surface area contributed by atoms with Crippen LogP contribution in [0.5, 0.6) is 0 Å². The van der Waals surface area contributed by atoms with Crippen molar-refractivity contribution in [2.45, 2.75) is 25.9 Å². The zero-order valence-electron chi connectivity index (χ0n) is 16.3. The highest BCUT2D eigenvalue weighted by Gasteiger charge is 2.67. The summed E-state index contributed by atoms with van der Waals surface area (Å²) in [5, 5.41) is 0. The van der Waals surface area contributed by atoms with Gasteiger partial charge in [-0.05, 0) is 48.1 Å². The van der Waals surface area contributed by atoms with Crippen molar-refractivity contribution >= 4 is 23.4 Å². The topological polar surface area (TPSA) is 57.7 Å². The van der Waals surface area contributed by atoms with Crippen LogP contribution in [0.1, 0.15) is 18.9 Å². The third kappa shape index (κ3) is 2.65. The molecular weight excluding hydrogens is 397 g/mol. The van der Waals surface area contributed by atoms with Crippen molar-refractivity contribution in [2.24, 2.45) is 35.5 Å². The lowest BCUT2D eigenvalue weighted by Crippen LogP contribution is -2.49. The molecule has 0 N–H and O–H groups in total. The summed E-state index contributed by atoms with van der Waals surface area (Å²) < 4.78 is 40.2. The minimum Gasteiger partial charge on any atom is -0.286 e. The number of allylic oxidation sites excluding steroid dienone is 2. The predicted octanol–water partition coefficient (Wildman–Crippen LogP) is 3.15. The number of rotatable bonds is 4. The molecule has 5 aliphatic rings. The number of likely N-dealkylation sites (tertiary alicyclic amines) is 1. The molecule has 6 atom stereocenters. The molecule has 3 fully saturated rings. The normalized spacial score (nSPS) is 33.5. The summed E-state index contributed by atoms with van der Waals surface area (Å²) in [4.78, 5) is 40.0. The number of carbonyl (C=O) groups excluding carboxylic acids is 3. The first-order chi connectivity index (χ1) is 14.2. The van der Waals surface area contributed by atoms with Crippen molar-refractivity contribution < 1.29 is 27.6 Å². The van der Waals surface area contributed by atoms with E-state index in [9.17, 15) is 27.6 Å². The van der Waals surface area contributed by atoms with E-state index in [0.29, 0.717) is 28.7 Å². The third-order valence-electron chi connectivity index (χ3n) is 7.19. The number of hydrogen-bond acceptors (Lipinski definition) is 3. The first-order valence-corrected chi connectivity index (χ1v) is 10.2. The zero-order chi connectivity index (χ0) is 21.4. The Bertz CT molecular complexity index is 937. The number of carbonyl (C=O) groups is 3. The summed E-state index contributed by atoms with van der Waals surface area (Å²) in [6, 6.07) is 6.27. The maximum absolute atomic E-state index is 13.4. The Kier molecular flexibility index (Phi) is 4.14. The van der Waals surface area contributed by atoms with E-state index in [1.54, 1.807) is 19.1 Å². The number of anilines is 1. The molecule has 8 heteroatoms. The molecule has 0 radical (unpaired) electrons. The number of para-hydroxylation sites is 1. The van der Waals surface area contributed by atoms with Crippen molar-refractivity contribution in [2.75, 3.05) is 11.6 Å². The van der Waals surface area contributed by atoms with Gasteiger partial charge in [-0.15, -0.1) is 0 Å². The van der Waals surface area contributed by atoms with Gasteiger partial charge in [0.2, 0.25) is 11.8 Å². The predicted molar refractivity (Wildman–Crippen MR) is 101 cm³/mol. The Morgan fingerprint density at radius 1 is 1.07 bits per heavy atom. The van der Waals surface area contributed by atoms with E-state index in [0.717, 1.165) is 11.3 Å². The highest BCUT2D eigenvalue weighted by Crippen LogP contribution is 2.65. The van der Waals surface area contributed by atoms with Gasteiger partial charge in [-0.1, -0.05) is 37.3 Å². The van der Waals surface area contributed by atoms with Crippen LogP contribution < -0.4 is 4.90 Å². The standard InChI is InChI=1S/C22H21F3N2O3/c1-2-11-5-3-4-6-16(11)26(21(30)22(23,24)25)10-27-19(28)17-12-7-8-13(15-9-14(12)15)18(17)20(27)29/h3-8,12-15,17-18H,2,9-10H2,1H3/t12-,13-,14-,15+,17+,18+/m1/s1. The molecule has 5 nitrogen and oxygen atoms in total. The van der Waals surface area contributed by atoms with Crippen LogP contribution in [0.4, 0.5) is 18.9 Å². The first kappa shape index (κ1) is 19.3. The SMILES string of the molecule is CCc1ccccc1N(CN1C(=O)[C@H]2[C@@H]3C=C[C@H]([C@@H]4C[C@H]34)[C@@H]2C1=O)C(=O)C(F)(F)F. The number of aryl methyl sites for hydroxylation is 1. The van der Waals surface area contributed by atoms with Gasteiger partial charge in [0.25, 0.3) is 0 Å². The zero-order valence-corrected chi connectivity index (χ0v) is 16.3. The van der Waals surface area contributed by atoms with E-state index in [-0.39, 0.29) is 17.5 Å². The van der Waals surface area contributed by atoms with E-state index >= 15 is 0 Å². The largest absolute Gasteiger partial charge is 0.471 e. The molecule has 1 aromatic rings. The Labute approximate surface area is 171 Å². The van der Waals surface area contributed by atoms with Gasteiger partial charge in [0.15, 0.2) is 0 Å². The molecule has 6 rings (SSSR count).